The molecule has 0 amide bonds. The number of hydrogen-bond acceptors (Lipinski definition) is 0. The first kappa shape index (κ1) is 19.9. The molecule has 0 aromatic heterocycles. The van der Waals surface area contributed by atoms with Crippen molar-refractivity contribution < 1.29 is 0 Å². The van der Waals surface area contributed by atoms with Crippen LogP contribution in [-0.4, -0.2) is 4.43 Å². The monoisotopic (exact) mass is 388 g/mol. The van der Waals surface area contributed by atoms with Crippen LogP contribution >= 0.6 is 22.6 Å². The Morgan fingerprint density at radius 2 is 0.950 bits per heavy atom. The van der Waals surface area contributed by atoms with Crippen LogP contribution in [0.5, 0.6) is 0 Å². The summed E-state index contributed by atoms with van der Waals surface area (Å²) in [5, 5.41) is 0. The summed E-state index contributed by atoms with van der Waals surface area (Å²) in [6, 6.07) is 0. The largest absolute Gasteiger partial charge is 0.103 e. The van der Waals surface area contributed by atoms with Crippen molar-refractivity contribution in [2.24, 2.45) is 0 Å². The lowest BCUT2D eigenvalue weighted by molar-refractivity contribution is 0.729. The summed E-state index contributed by atoms with van der Waals surface area (Å²) in [4.78, 5) is 0. The number of alkyl halides is 1. The molecule has 0 nitrogen and oxygen atoms in total. The summed E-state index contributed by atoms with van der Waals surface area (Å²) in [6.45, 7) is 3.74. The Kier molecular flexibility index (Phi) is 18.9. The fourth-order valence-corrected chi connectivity index (χ4v) is 2.62. The Morgan fingerprint density at radius 3 is 1.35 bits per heavy atom. The Balaban J connectivity index is 3.13. The molecule has 0 aliphatic heterocycles. The molecule has 0 aromatic carbocycles. The van der Waals surface area contributed by atoms with Crippen LogP contribution in [-0.2, 0) is 0 Å². The van der Waals surface area contributed by atoms with Crippen LogP contribution in [0, 0.1) is 0 Å². The lowest BCUT2D eigenvalue weighted by Crippen LogP contribution is -1.77. The predicted octanol–water partition coefficient (Wildman–Crippen LogP) is 7.40. The highest BCUT2D eigenvalue weighted by Gasteiger charge is 1.87. The Hall–Kier alpha value is -0.0500. The fourth-order valence-electron chi connectivity index (χ4n) is 2.08. The van der Waals surface area contributed by atoms with Crippen LogP contribution in [0.25, 0.3) is 0 Å². The van der Waals surface area contributed by atoms with E-state index in [-0.39, 0.29) is 0 Å². The number of unbranched alkanes of at least 4 members (excludes halogenated alkanes) is 9. The van der Waals surface area contributed by atoms with E-state index in [0.717, 1.165) is 6.42 Å². The van der Waals surface area contributed by atoms with Crippen molar-refractivity contribution >= 4 is 22.6 Å². The van der Waals surface area contributed by atoms with Gasteiger partial charge in [-0.05, 0) is 75.1 Å². The quantitative estimate of drug-likeness (QED) is 0.119. The Morgan fingerprint density at radius 1 is 0.550 bits per heavy atom. The summed E-state index contributed by atoms with van der Waals surface area (Å²) < 4.78 is 1.31. The standard InChI is InChI=1S/C19H33I/c1-2-3-4-5-6-7-8-9-10-11-12-13-14-15-16-17-18-19-20/h2,7-8,13-14H,1,3-6,9-12,15-19H2. The van der Waals surface area contributed by atoms with Crippen molar-refractivity contribution in [2.45, 2.75) is 77.0 Å². The maximum absolute atomic E-state index is 3.74. The molecule has 0 spiro atoms. The summed E-state index contributed by atoms with van der Waals surface area (Å²) in [6.07, 6.45) is 27.1. The first-order chi connectivity index (χ1) is 9.91. The minimum atomic E-state index is 1.16. The highest BCUT2D eigenvalue weighted by molar-refractivity contribution is 14.1. The van der Waals surface area contributed by atoms with Crippen molar-refractivity contribution in [2.75, 3.05) is 4.43 Å². The van der Waals surface area contributed by atoms with E-state index in [2.05, 4.69) is 53.5 Å². The zero-order valence-corrected chi connectivity index (χ0v) is 15.3. The second-order valence-electron chi connectivity index (χ2n) is 5.34. The molecule has 0 aliphatic rings. The van der Waals surface area contributed by atoms with E-state index in [1.807, 2.05) is 6.08 Å². The predicted molar refractivity (Wildman–Crippen MR) is 103 cm³/mol. The second-order valence-corrected chi connectivity index (χ2v) is 6.42. The normalized spacial score (nSPS) is 11.7. The molecule has 0 unspecified atom stereocenters. The van der Waals surface area contributed by atoms with E-state index in [0.29, 0.717) is 0 Å². The Labute approximate surface area is 141 Å². The summed E-state index contributed by atoms with van der Waals surface area (Å²) >= 11 is 2.46. The molecular weight excluding hydrogens is 355 g/mol. The smallest absolute Gasteiger partial charge is 0.000473 e. The molecule has 20 heavy (non-hydrogen) atoms. The Bertz CT molecular complexity index is 240. The van der Waals surface area contributed by atoms with Gasteiger partial charge in [-0.1, -0.05) is 59.4 Å². The average Bonchev–Trinajstić information content (AvgIpc) is 2.47. The van der Waals surface area contributed by atoms with Crippen LogP contribution in [0.15, 0.2) is 37.0 Å². The molecule has 0 aromatic rings. The maximum atomic E-state index is 3.74. The summed E-state index contributed by atoms with van der Waals surface area (Å²) in [5.41, 5.74) is 0. The first-order valence-electron chi connectivity index (χ1n) is 8.38. The fraction of sp³-hybridized carbons (Fsp3) is 0.684. The number of halogens is 1. The molecular formula is C19H33I. The van der Waals surface area contributed by atoms with Crippen LogP contribution in [0.1, 0.15) is 77.0 Å². The highest BCUT2D eigenvalue weighted by Crippen LogP contribution is 2.06. The molecule has 0 N–H and O–H groups in total. The third-order valence-electron chi connectivity index (χ3n) is 3.36. The van der Waals surface area contributed by atoms with E-state index in [4.69, 9.17) is 0 Å². The van der Waals surface area contributed by atoms with E-state index < -0.39 is 0 Å². The number of rotatable bonds is 15. The maximum Gasteiger partial charge on any atom is -0.000473 e. The molecule has 0 radical (unpaired) electrons. The molecule has 0 rings (SSSR count). The molecule has 0 heterocycles. The summed E-state index contributed by atoms with van der Waals surface area (Å²) in [7, 11) is 0. The van der Waals surface area contributed by atoms with Gasteiger partial charge in [0.15, 0.2) is 0 Å². The van der Waals surface area contributed by atoms with Crippen molar-refractivity contribution in [3.05, 3.63) is 37.0 Å². The number of allylic oxidation sites excluding steroid dienone is 5. The third-order valence-corrected chi connectivity index (χ3v) is 4.12. The van der Waals surface area contributed by atoms with Gasteiger partial charge in [0, 0.05) is 0 Å². The molecule has 0 fully saturated rings. The van der Waals surface area contributed by atoms with Crippen molar-refractivity contribution in [1.29, 1.82) is 0 Å². The SMILES string of the molecule is C=CCCCCC=CCCCCC=CCCCCCI. The van der Waals surface area contributed by atoms with Crippen molar-refractivity contribution in [3.8, 4) is 0 Å². The second kappa shape index (κ2) is 18.9. The third kappa shape index (κ3) is 17.9. The van der Waals surface area contributed by atoms with Crippen LogP contribution < -0.4 is 0 Å². The molecule has 116 valence electrons. The van der Waals surface area contributed by atoms with Gasteiger partial charge >= 0.3 is 0 Å². The zero-order chi connectivity index (χ0) is 14.7. The van der Waals surface area contributed by atoms with Crippen LogP contribution in [0.2, 0.25) is 0 Å². The lowest BCUT2D eigenvalue weighted by Gasteiger charge is -1.95. The van der Waals surface area contributed by atoms with E-state index in [9.17, 15) is 0 Å². The van der Waals surface area contributed by atoms with Crippen molar-refractivity contribution in [3.63, 3.8) is 0 Å². The molecule has 0 atom stereocenters. The molecule has 0 aliphatic carbocycles. The minimum Gasteiger partial charge on any atom is -0.103 e. The zero-order valence-electron chi connectivity index (χ0n) is 13.2. The minimum absolute atomic E-state index is 1.16. The topological polar surface area (TPSA) is 0 Å². The molecule has 0 saturated heterocycles. The van der Waals surface area contributed by atoms with Gasteiger partial charge in [0.25, 0.3) is 0 Å². The first-order valence-corrected chi connectivity index (χ1v) is 9.91. The lowest BCUT2D eigenvalue weighted by atomic mass is 10.1. The number of hydrogen-bond donors (Lipinski definition) is 0. The van der Waals surface area contributed by atoms with Gasteiger partial charge in [0.2, 0.25) is 0 Å². The average molecular weight is 388 g/mol. The van der Waals surface area contributed by atoms with Crippen molar-refractivity contribution in [1.82, 2.24) is 0 Å². The van der Waals surface area contributed by atoms with E-state index >= 15 is 0 Å². The van der Waals surface area contributed by atoms with Gasteiger partial charge in [0.1, 0.15) is 0 Å². The van der Waals surface area contributed by atoms with Gasteiger partial charge in [-0.15, -0.1) is 6.58 Å². The molecule has 0 bridgehead atoms. The van der Waals surface area contributed by atoms with Crippen LogP contribution in [0.4, 0.5) is 0 Å². The van der Waals surface area contributed by atoms with Crippen LogP contribution in [0.3, 0.4) is 0 Å². The van der Waals surface area contributed by atoms with Gasteiger partial charge < -0.3 is 0 Å². The molecule has 1 heteroatoms. The van der Waals surface area contributed by atoms with Gasteiger partial charge in [-0.25, -0.2) is 0 Å². The molecule has 0 saturated carbocycles. The van der Waals surface area contributed by atoms with Gasteiger partial charge in [-0.2, -0.15) is 0 Å². The summed E-state index contributed by atoms with van der Waals surface area (Å²) in [5.74, 6) is 0. The van der Waals surface area contributed by atoms with E-state index in [1.54, 1.807) is 0 Å². The van der Waals surface area contributed by atoms with Gasteiger partial charge in [-0.3, -0.25) is 0 Å². The van der Waals surface area contributed by atoms with E-state index in [1.165, 1.54) is 75.1 Å². The van der Waals surface area contributed by atoms with Gasteiger partial charge in [0.05, 0.1) is 0 Å². The highest BCUT2D eigenvalue weighted by atomic mass is 127.